The Kier molecular flexibility index (Phi) is 10.9. The molecule has 0 unspecified atom stereocenters. The summed E-state index contributed by atoms with van der Waals surface area (Å²) in [5.41, 5.74) is 1.07. The number of amides is 3. The highest BCUT2D eigenvalue weighted by atomic mass is 16.6. The Bertz CT molecular complexity index is 1120. The van der Waals surface area contributed by atoms with Crippen LogP contribution in [0, 0.1) is 0 Å². The lowest BCUT2D eigenvalue weighted by molar-refractivity contribution is -0.140. The van der Waals surface area contributed by atoms with Gasteiger partial charge in [-0.2, -0.15) is 0 Å². The maximum atomic E-state index is 13.6. The number of alkyl carbamates (subject to hydrolysis) is 1. The first-order chi connectivity index (χ1) is 18.9. The number of ether oxygens (including phenoxy) is 1. The lowest BCUT2D eigenvalue weighted by Crippen LogP contribution is -2.61. The molecule has 1 heterocycles. The van der Waals surface area contributed by atoms with E-state index >= 15 is 0 Å². The number of benzene rings is 2. The number of aliphatic hydroxyl groups excluding tert-OH is 1. The third-order valence-electron chi connectivity index (χ3n) is 6.69. The van der Waals surface area contributed by atoms with E-state index in [1.807, 2.05) is 35.2 Å². The minimum atomic E-state index is -1.00. The van der Waals surface area contributed by atoms with E-state index in [9.17, 15) is 24.6 Å². The van der Waals surface area contributed by atoms with Crippen molar-refractivity contribution >= 4 is 17.9 Å². The monoisotopic (exact) mass is 554 g/mol. The Morgan fingerprint density at radius 2 is 1.68 bits per heavy atom. The summed E-state index contributed by atoms with van der Waals surface area (Å²) in [6.07, 6.45) is 0.0510. The quantitative estimate of drug-likeness (QED) is 0.354. The predicted molar refractivity (Wildman–Crippen MR) is 152 cm³/mol. The van der Waals surface area contributed by atoms with Gasteiger partial charge in [-0.3, -0.25) is 14.5 Å². The summed E-state index contributed by atoms with van der Waals surface area (Å²) in [7, 11) is 0. The molecule has 0 aliphatic carbocycles. The SMILES string of the molecule is C[C@@H](NC(=O)[C@H](Cc1ccc(O)cc1)NC(=O)OC(C)(C)C)C(=O)N1CCN(CCO)C[C@H]1Cc1ccccc1. The summed E-state index contributed by atoms with van der Waals surface area (Å²) in [4.78, 5) is 43.5. The molecule has 2 aromatic carbocycles. The number of carbonyl (C=O) groups excluding carboxylic acids is 3. The number of aromatic hydroxyl groups is 1. The fourth-order valence-corrected chi connectivity index (χ4v) is 4.77. The van der Waals surface area contributed by atoms with Gasteiger partial charge >= 0.3 is 6.09 Å². The smallest absolute Gasteiger partial charge is 0.408 e. The zero-order valence-electron chi connectivity index (χ0n) is 23.8. The van der Waals surface area contributed by atoms with E-state index in [-0.39, 0.29) is 30.7 Å². The number of nitrogens with one attached hydrogen (secondary N) is 2. The lowest BCUT2D eigenvalue weighted by atomic mass is 10.0. The Balaban J connectivity index is 1.72. The van der Waals surface area contributed by atoms with Crippen molar-refractivity contribution in [3.05, 3.63) is 65.7 Å². The van der Waals surface area contributed by atoms with Crippen LogP contribution >= 0.6 is 0 Å². The average molecular weight is 555 g/mol. The fraction of sp³-hybridized carbons (Fsp3) is 0.500. The van der Waals surface area contributed by atoms with Crippen molar-refractivity contribution in [3.63, 3.8) is 0 Å². The molecule has 1 aliphatic rings. The Labute approximate surface area is 236 Å². The molecule has 0 saturated carbocycles. The van der Waals surface area contributed by atoms with Crippen LogP contribution in [-0.4, -0.2) is 94.4 Å². The van der Waals surface area contributed by atoms with Crippen LogP contribution in [0.3, 0.4) is 0 Å². The second-order valence-corrected chi connectivity index (χ2v) is 11.2. The number of hydrogen-bond donors (Lipinski definition) is 4. The fourth-order valence-electron chi connectivity index (χ4n) is 4.77. The van der Waals surface area contributed by atoms with Crippen molar-refractivity contribution in [2.24, 2.45) is 0 Å². The molecule has 10 heteroatoms. The third kappa shape index (κ3) is 9.53. The molecule has 0 radical (unpaired) electrons. The maximum absolute atomic E-state index is 13.6. The van der Waals surface area contributed by atoms with Gasteiger partial charge in [-0.15, -0.1) is 0 Å². The van der Waals surface area contributed by atoms with Crippen molar-refractivity contribution in [1.29, 1.82) is 0 Å². The van der Waals surface area contributed by atoms with Crippen molar-refractivity contribution in [3.8, 4) is 5.75 Å². The topological polar surface area (TPSA) is 131 Å². The standard InChI is InChI=1S/C30H42N4O6/c1-21(28(38)34-15-14-33(16-17-35)20-24(34)18-22-8-6-5-7-9-22)31-27(37)26(32-29(39)40-30(2,3)4)19-23-10-12-25(36)13-11-23/h5-13,21,24,26,35-36H,14-20H2,1-4H3,(H,31,37)(H,32,39)/t21-,24-,26+/m1/s1. The highest BCUT2D eigenvalue weighted by molar-refractivity contribution is 5.91. The first-order valence-corrected chi connectivity index (χ1v) is 13.7. The van der Waals surface area contributed by atoms with Crippen LogP contribution in [-0.2, 0) is 27.2 Å². The van der Waals surface area contributed by atoms with Gasteiger partial charge in [-0.1, -0.05) is 42.5 Å². The third-order valence-corrected chi connectivity index (χ3v) is 6.69. The molecule has 2 aromatic rings. The van der Waals surface area contributed by atoms with E-state index in [4.69, 9.17) is 4.74 Å². The van der Waals surface area contributed by atoms with Crippen LogP contribution in [0.5, 0.6) is 5.75 Å². The number of piperazine rings is 1. The van der Waals surface area contributed by atoms with Crippen LogP contribution in [0.15, 0.2) is 54.6 Å². The molecule has 4 N–H and O–H groups in total. The van der Waals surface area contributed by atoms with E-state index in [1.54, 1.807) is 39.8 Å². The van der Waals surface area contributed by atoms with Gasteiger partial charge in [0.25, 0.3) is 0 Å². The molecule has 1 fully saturated rings. The largest absolute Gasteiger partial charge is 0.508 e. The van der Waals surface area contributed by atoms with Crippen molar-refractivity contribution < 1.29 is 29.3 Å². The Hall–Kier alpha value is -3.63. The molecule has 3 amide bonds. The minimum Gasteiger partial charge on any atom is -0.508 e. The second-order valence-electron chi connectivity index (χ2n) is 11.2. The van der Waals surface area contributed by atoms with Crippen LogP contribution in [0.25, 0.3) is 0 Å². The molecule has 3 rings (SSSR count). The predicted octanol–water partition coefficient (Wildman–Crippen LogP) is 2.08. The summed E-state index contributed by atoms with van der Waals surface area (Å²) in [6, 6.07) is 14.3. The first kappa shape index (κ1) is 30.9. The molecule has 0 bridgehead atoms. The van der Waals surface area contributed by atoms with Gasteiger partial charge in [0.15, 0.2) is 0 Å². The molecule has 0 spiro atoms. The molecule has 10 nitrogen and oxygen atoms in total. The van der Waals surface area contributed by atoms with Gasteiger partial charge in [0.05, 0.1) is 6.61 Å². The molecular weight excluding hydrogens is 512 g/mol. The van der Waals surface area contributed by atoms with E-state index in [1.165, 1.54) is 12.1 Å². The number of hydrogen-bond acceptors (Lipinski definition) is 7. The van der Waals surface area contributed by atoms with Crippen LogP contribution in [0.1, 0.15) is 38.8 Å². The molecule has 1 aliphatic heterocycles. The van der Waals surface area contributed by atoms with Crippen LogP contribution in [0.2, 0.25) is 0 Å². The molecular formula is C30H42N4O6. The first-order valence-electron chi connectivity index (χ1n) is 13.7. The average Bonchev–Trinajstić information content (AvgIpc) is 2.89. The molecule has 40 heavy (non-hydrogen) atoms. The van der Waals surface area contributed by atoms with Crippen LogP contribution < -0.4 is 10.6 Å². The van der Waals surface area contributed by atoms with Gasteiger partial charge in [0.1, 0.15) is 23.4 Å². The summed E-state index contributed by atoms with van der Waals surface area (Å²) < 4.78 is 5.36. The molecule has 1 saturated heterocycles. The van der Waals surface area contributed by atoms with E-state index in [0.717, 1.165) is 11.1 Å². The van der Waals surface area contributed by atoms with E-state index < -0.39 is 29.7 Å². The number of β-amino-alcohol motifs (C(OH)–C–C–N with tert-alkyl or cyclic N) is 1. The van der Waals surface area contributed by atoms with Gasteiger partial charge in [-0.05, 0) is 57.4 Å². The Morgan fingerprint density at radius 1 is 1.00 bits per heavy atom. The van der Waals surface area contributed by atoms with Crippen molar-refractivity contribution in [1.82, 2.24) is 20.4 Å². The summed E-state index contributed by atoms with van der Waals surface area (Å²) in [5.74, 6) is -0.634. The highest BCUT2D eigenvalue weighted by Gasteiger charge is 2.34. The number of carbonyl (C=O) groups is 3. The number of phenolic OH excluding ortho intramolecular Hbond substituents is 1. The zero-order chi connectivity index (χ0) is 29.3. The van der Waals surface area contributed by atoms with Gasteiger partial charge in [-0.25, -0.2) is 4.79 Å². The maximum Gasteiger partial charge on any atom is 0.408 e. The number of aliphatic hydroxyl groups is 1. The van der Waals surface area contributed by atoms with Crippen LogP contribution in [0.4, 0.5) is 4.79 Å². The number of nitrogens with zero attached hydrogens (tertiary/aromatic N) is 2. The minimum absolute atomic E-state index is 0.0472. The summed E-state index contributed by atoms with van der Waals surface area (Å²) >= 11 is 0. The number of phenols is 1. The second kappa shape index (κ2) is 14.1. The summed E-state index contributed by atoms with van der Waals surface area (Å²) in [5, 5.41) is 24.5. The van der Waals surface area contributed by atoms with Gasteiger partial charge in [0, 0.05) is 38.6 Å². The Morgan fingerprint density at radius 3 is 2.30 bits per heavy atom. The molecule has 0 aromatic heterocycles. The van der Waals surface area contributed by atoms with Gasteiger partial charge in [0.2, 0.25) is 11.8 Å². The number of rotatable bonds is 10. The zero-order valence-corrected chi connectivity index (χ0v) is 23.8. The highest BCUT2D eigenvalue weighted by Crippen LogP contribution is 2.17. The van der Waals surface area contributed by atoms with Crippen molar-refractivity contribution in [2.45, 2.75) is 64.3 Å². The van der Waals surface area contributed by atoms with Gasteiger partial charge < -0.3 is 30.5 Å². The lowest BCUT2D eigenvalue weighted by Gasteiger charge is -2.42. The summed E-state index contributed by atoms with van der Waals surface area (Å²) in [6.45, 7) is 9.14. The molecule has 3 atom stereocenters. The van der Waals surface area contributed by atoms with E-state index in [2.05, 4.69) is 15.5 Å². The molecule has 218 valence electrons. The van der Waals surface area contributed by atoms with Crippen molar-refractivity contribution in [2.75, 3.05) is 32.8 Å². The van der Waals surface area contributed by atoms with E-state index in [0.29, 0.717) is 32.6 Å². The normalized spacial score (nSPS) is 17.5.